The minimum absolute atomic E-state index is 0.0298. The molecule has 7 atom stereocenters. The molecule has 0 spiro atoms. The number of hydrogen-bond donors (Lipinski definition) is 13. The van der Waals surface area contributed by atoms with Crippen molar-refractivity contribution in [3.8, 4) is 0 Å². The molecule has 17 N–H and O–H groups in total. The van der Waals surface area contributed by atoms with Gasteiger partial charge in [0, 0.05) is 36.5 Å². The second-order valence-corrected chi connectivity index (χ2v) is 12.3. The maximum absolute atomic E-state index is 13.5. The Morgan fingerprint density at radius 3 is 2.04 bits per heavy atom. The third-order valence-electron chi connectivity index (χ3n) is 7.95. The molecule has 2 rings (SSSR count). The van der Waals surface area contributed by atoms with Crippen molar-refractivity contribution in [3.63, 3.8) is 0 Å². The van der Waals surface area contributed by atoms with E-state index in [1.807, 2.05) is 18.2 Å². The van der Waals surface area contributed by atoms with Crippen LogP contribution in [0, 0.1) is 0 Å². The Balaban J connectivity index is 2.25. The molecule has 0 saturated carbocycles. The molecule has 0 unspecified atom stereocenters. The average molecular weight is 748 g/mol. The lowest BCUT2D eigenvalue weighted by molar-refractivity contribution is -0.143. The highest BCUT2D eigenvalue weighted by Gasteiger charge is 2.33. The van der Waals surface area contributed by atoms with Crippen molar-refractivity contribution in [1.82, 2.24) is 31.6 Å². The third-order valence-corrected chi connectivity index (χ3v) is 7.95. The first-order valence-electron chi connectivity index (χ1n) is 16.6. The molecule has 0 bridgehead atoms. The largest absolute Gasteiger partial charge is 0.480 e. The van der Waals surface area contributed by atoms with E-state index in [2.05, 4.69) is 36.6 Å². The number of amides is 6. The van der Waals surface area contributed by atoms with Gasteiger partial charge in [-0.05, 0) is 44.7 Å². The summed E-state index contributed by atoms with van der Waals surface area (Å²) < 4.78 is 0. The Hall–Kier alpha value is -5.80. The zero-order valence-corrected chi connectivity index (χ0v) is 29.3. The smallest absolute Gasteiger partial charge is 0.326 e. The molecule has 0 aliphatic heterocycles. The summed E-state index contributed by atoms with van der Waals surface area (Å²) in [6.45, 7) is 1.83. The molecule has 0 aliphatic carbocycles. The molecule has 6 amide bonds. The zero-order chi connectivity index (χ0) is 39.8. The first-order chi connectivity index (χ1) is 24.9. The number of aliphatic hydroxyl groups excluding tert-OH is 2. The Kier molecular flexibility index (Phi) is 17.1. The number of carboxylic acid groups (broad SMARTS) is 1. The number of aromatic amines is 1. The molecule has 2 aromatic rings. The molecule has 21 heteroatoms. The predicted octanol–water partition coefficient (Wildman–Crippen LogP) is -4.74. The highest BCUT2D eigenvalue weighted by atomic mass is 16.4. The van der Waals surface area contributed by atoms with Gasteiger partial charge < -0.3 is 69.8 Å². The van der Waals surface area contributed by atoms with E-state index >= 15 is 0 Å². The van der Waals surface area contributed by atoms with Crippen molar-refractivity contribution in [2.24, 2.45) is 27.9 Å². The highest BCUT2D eigenvalue weighted by Crippen LogP contribution is 2.19. The van der Waals surface area contributed by atoms with Crippen molar-refractivity contribution >= 4 is 58.3 Å². The van der Waals surface area contributed by atoms with Crippen LogP contribution in [0.25, 0.3) is 10.9 Å². The van der Waals surface area contributed by atoms with E-state index in [1.165, 1.54) is 6.92 Å². The number of nitrogens with zero attached hydrogens (tertiary/aromatic N) is 1. The van der Waals surface area contributed by atoms with E-state index < -0.39 is 90.4 Å². The molecule has 0 saturated heterocycles. The van der Waals surface area contributed by atoms with Crippen LogP contribution in [0.5, 0.6) is 0 Å². The quantitative estimate of drug-likeness (QED) is 0.0306. The number of hydrogen-bond acceptors (Lipinski definition) is 11. The molecule has 0 radical (unpaired) electrons. The summed E-state index contributed by atoms with van der Waals surface area (Å²) in [4.78, 5) is 95.6. The fourth-order valence-corrected chi connectivity index (χ4v) is 5.00. The van der Waals surface area contributed by atoms with Gasteiger partial charge in [0.25, 0.3) is 0 Å². The number of rotatable bonds is 22. The number of H-pyrrole nitrogens is 1. The Morgan fingerprint density at radius 1 is 0.811 bits per heavy atom. The van der Waals surface area contributed by atoms with Crippen molar-refractivity contribution in [1.29, 1.82) is 0 Å². The minimum atomic E-state index is -1.70. The number of carbonyl (C=O) groups excluding carboxylic acids is 6. The molecular weight excluding hydrogens is 698 g/mol. The van der Waals surface area contributed by atoms with Gasteiger partial charge in [0.1, 0.15) is 36.3 Å². The first kappa shape index (κ1) is 43.4. The van der Waals surface area contributed by atoms with Gasteiger partial charge in [-0.15, -0.1) is 0 Å². The molecule has 1 heterocycles. The Bertz CT molecular complexity index is 1640. The van der Waals surface area contributed by atoms with Crippen LogP contribution in [-0.2, 0) is 40.0 Å². The number of carboxylic acids is 1. The van der Waals surface area contributed by atoms with Gasteiger partial charge >= 0.3 is 5.97 Å². The SMILES string of the molecule is C[C@H](NC(=O)[C@H](Cc1c[nH]c2ccccc12)NC(=O)[C@@H](N)CO)C(=O)N[C@@H](CCCN=C(N)N)C(=O)N[C@H](C(=O)N[C@@H](CCC(N)=O)C(=O)O)[C@@H](C)O. The van der Waals surface area contributed by atoms with Gasteiger partial charge in [-0.1, -0.05) is 18.2 Å². The van der Waals surface area contributed by atoms with Crippen molar-refractivity contribution < 1.29 is 48.9 Å². The number of nitrogens with one attached hydrogen (secondary N) is 6. The number of benzene rings is 1. The third kappa shape index (κ3) is 14.0. The van der Waals surface area contributed by atoms with Crippen LogP contribution in [0.2, 0.25) is 0 Å². The summed E-state index contributed by atoms with van der Waals surface area (Å²) in [5, 5.41) is 41.8. The number of primary amides is 1. The monoisotopic (exact) mass is 747 g/mol. The molecule has 0 aliphatic rings. The van der Waals surface area contributed by atoms with Gasteiger partial charge in [-0.25, -0.2) is 4.79 Å². The van der Waals surface area contributed by atoms with Gasteiger partial charge in [0.15, 0.2) is 5.96 Å². The second kappa shape index (κ2) is 20.9. The number of aliphatic hydroxyl groups is 2. The standard InChI is InChI=1S/C32H49N11O10/c1-15(39-29(50)23(42-27(48)19(33)14-44)12-17-13-38-20-7-4-3-6-18(17)20)26(47)40-21(8-5-11-37-32(35)36)28(49)43-25(16(2)45)30(51)41-22(31(52)53)9-10-24(34)46/h3-4,6-7,13,15-16,19,21-23,25,38,44-45H,5,8-12,14,33H2,1-2H3,(H2,34,46)(H,39,50)(H,40,47)(H,41,51)(H,42,48)(H,43,49)(H,52,53)(H4,35,36,37)/t15-,16+,19-,21-,22-,23-,25-/m0/s1. The van der Waals surface area contributed by atoms with Gasteiger partial charge in [-0.3, -0.25) is 33.8 Å². The van der Waals surface area contributed by atoms with Crippen LogP contribution in [0.1, 0.15) is 45.1 Å². The van der Waals surface area contributed by atoms with Gasteiger partial charge in [0.2, 0.25) is 35.4 Å². The fraction of sp³-hybridized carbons (Fsp3) is 0.500. The summed E-state index contributed by atoms with van der Waals surface area (Å²) in [6, 6.07) is -1.32. The van der Waals surface area contributed by atoms with Crippen LogP contribution in [0.4, 0.5) is 0 Å². The number of guanidine groups is 1. The number of carbonyl (C=O) groups is 7. The molecular formula is C32H49N11O10. The molecule has 292 valence electrons. The van der Waals surface area contributed by atoms with Crippen LogP contribution >= 0.6 is 0 Å². The van der Waals surface area contributed by atoms with Crippen LogP contribution < -0.4 is 49.5 Å². The molecule has 21 nitrogen and oxygen atoms in total. The molecule has 0 fully saturated rings. The molecule has 1 aromatic heterocycles. The number of para-hydroxylation sites is 1. The lowest BCUT2D eigenvalue weighted by Gasteiger charge is -2.27. The lowest BCUT2D eigenvalue weighted by atomic mass is 10.0. The fourth-order valence-electron chi connectivity index (χ4n) is 5.00. The van der Waals surface area contributed by atoms with Gasteiger partial charge in [-0.2, -0.15) is 0 Å². The van der Waals surface area contributed by atoms with Crippen LogP contribution in [-0.4, -0.2) is 123 Å². The number of aliphatic imine (C=N–C) groups is 1. The summed E-state index contributed by atoms with van der Waals surface area (Å²) >= 11 is 0. The first-order valence-corrected chi connectivity index (χ1v) is 16.6. The number of fused-ring (bicyclic) bond motifs is 1. The van der Waals surface area contributed by atoms with E-state index in [1.54, 1.807) is 12.3 Å². The Morgan fingerprint density at radius 2 is 1.43 bits per heavy atom. The second-order valence-electron chi connectivity index (χ2n) is 12.3. The lowest BCUT2D eigenvalue weighted by Crippen LogP contribution is -2.60. The van der Waals surface area contributed by atoms with E-state index in [9.17, 15) is 48.9 Å². The summed E-state index contributed by atoms with van der Waals surface area (Å²) in [5.74, 6) is -7.06. The average Bonchev–Trinajstić information content (AvgIpc) is 3.51. The van der Waals surface area contributed by atoms with Crippen molar-refractivity contribution in [3.05, 3.63) is 36.0 Å². The Labute approximate surface area is 304 Å². The van der Waals surface area contributed by atoms with E-state index in [0.717, 1.165) is 17.8 Å². The van der Waals surface area contributed by atoms with E-state index in [0.29, 0.717) is 5.56 Å². The minimum Gasteiger partial charge on any atom is -0.480 e. The number of aromatic nitrogens is 1. The van der Waals surface area contributed by atoms with E-state index in [4.69, 9.17) is 22.9 Å². The topological polar surface area (TPSA) is 373 Å². The maximum atomic E-state index is 13.5. The normalized spacial score (nSPS) is 15.0. The summed E-state index contributed by atoms with van der Waals surface area (Å²) in [7, 11) is 0. The van der Waals surface area contributed by atoms with E-state index in [-0.39, 0.29) is 44.6 Å². The number of aliphatic carboxylic acids is 1. The molecule has 1 aromatic carbocycles. The maximum Gasteiger partial charge on any atom is 0.326 e. The summed E-state index contributed by atoms with van der Waals surface area (Å²) in [5.41, 5.74) is 22.9. The van der Waals surface area contributed by atoms with Crippen molar-refractivity contribution in [2.45, 2.75) is 88.3 Å². The number of nitrogens with two attached hydrogens (primary N) is 4. The van der Waals surface area contributed by atoms with Gasteiger partial charge in [0.05, 0.1) is 12.7 Å². The van der Waals surface area contributed by atoms with Crippen LogP contribution in [0.3, 0.4) is 0 Å². The van der Waals surface area contributed by atoms with Crippen LogP contribution in [0.15, 0.2) is 35.5 Å². The summed E-state index contributed by atoms with van der Waals surface area (Å²) in [6.07, 6.45) is -0.604. The highest BCUT2D eigenvalue weighted by molar-refractivity contribution is 5.97. The predicted molar refractivity (Wildman–Crippen MR) is 190 cm³/mol. The molecule has 53 heavy (non-hydrogen) atoms. The zero-order valence-electron chi connectivity index (χ0n) is 29.3. The van der Waals surface area contributed by atoms with Crippen molar-refractivity contribution in [2.75, 3.05) is 13.2 Å².